The normalized spacial score (nSPS) is 25.5. The van der Waals surface area contributed by atoms with Gasteiger partial charge in [0, 0.05) is 6.04 Å². The van der Waals surface area contributed by atoms with Crippen molar-refractivity contribution < 1.29 is 4.79 Å². The first kappa shape index (κ1) is 9.91. The second-order valence-corrected chi connectivity index (χ2v) is 4.25. The van der Waals surface area contributed by atoms with Crippen LogP contribution in [0.25, 0.3) is 0 Å². The number of hydrogen-bond donors (Lipinski definition) is 2. The Labute approximate surface area is 79.3 Å². The highest BCUT2D eigenvalue weighted by atomic mass is 16.2. The van der Waals surface area contributed by atoms with Crippen LogP contribution in [0.5, 0.6) is 0 Å². The molecule has 0 saturated heterocycles. The Morgan fingerprint density at radius 3 is 2.62 bits per heavy atom. The van der Waals surface area contributed by atoms with E-state index in [1.807, 2.05) is 0 Å². The molecule has 1 rings (SSSR count). The molecule has 1 aliphatic rings. The van der Waals surface area contributed by atoms with Crippen molar-refractivity contribution in [3.8, 4) is 12.3 Å². The highest BCUT2D eigenvalue weighted by Crippen LogP contribution is 2.44. The van der Waals surface area contributed by atoms with E-state index in [4.69, 9.17) is 6.42 Å². The van der Waals surface area contributed by atoms with Gasteiger partial charge < -0.3 is 10.6 Å². The fraction of sp³-hybridized carbons (Fsp3) is 0.700. The highest BCUT2D eigenvalue weighted by Gasteiger charge is 2.46. The minimum atomic E-state index is -0.207. The van der Waals surface area contributed by atoms with Crippen LogP contribution in [0, 0.1) is 17.8 Å². The zero-order valence-corrected chi connectivity index (χ0v) is 8.35. The number of nitrogens with one attached hydrogen (secondary N) is 2. The van der Waals surface area contributed by atoms with Gasteiger partial charge in [-0.15, -0.1) is 6.42 Å². The maximum absolute atomic E-state index is 11.2. The molecule has 1 saturated carbocycles. The average Bonchev–Trinajstić information content (AvgIpc) is 2.58. The van der Waals surface area contributed by atoms with E-state index in [2.05, 4.69) is 30.4 Å². The fourth-order valence-electron chi connectivity index (χ4n) is 1.15. The van der Waals surface area contributed by atoms with Crippen LogP contribution in [0.2, 0.25) is 0 Å². The average molecular weight is 180 g/mol. The Hall–Kier alpha value is -1.17. The largest absolute Gasteiger partial charge is 0.335 e. The summed E-state index contributed by atoms with van der Waals surface area (Å²) < 4.78 is 0. The van der Waals surface area contributed by atoms with Gasteiger partial charge in [-0.1, -0.05) is 19.8 Å². The van der Waals surface area contributed by atoms with Crippen molar-refractivity contribution in [1.82, 2.24) is 10.6 Å². The van der Waals surface area contributed by atoms with Crippen LogP contribution in [0.4, 0.5) is 4.79 Å². The molecule has 2 N–H and O–H groups in total. The van der Waals surface area contributed by atoms with Crippen molar-refractivity contribution in [1.29, 1.82) is 0 Å². The fourth-order valence-corrected chi connectivity index (χ4v) is 1.15. The summed E-state index contributed by atoms with van der Waals surface area (Å²) in [4.78, 5) is 11.2. The summed E-state index contributed by atoms with van der Waals surface area (Å²) in [5, 5.41) is 5.52. The van der Waals surface area contributed by atoms with Gasteiger partial charge >= 0.3 is 6.03 Å². The van der Waals surface area contributed by atoms with Crippen molar-refractivity contribution >= 4 is 6.03 Å². The van der Waals surface area contributed by atoms with E-state index in [-0.39, 0.29) is 17.5 Å². The Morgan fingerprint density at radius 1 is 1.69 bits per heavy atom. The van der Waals surface area contributed by atoms with Crippen LogP contribution in [0.15, 0.2) is 0 Å². The van der Waals surface area contributed by atoms with Crippen LogP contribution in [-0.2, 0) is 0 Å². The third-order valence-corrected chi connectivity index (χ3v) is 2.42. The molecule has 13 heavy (non-hydrogen) atoms. The third kappa shape index (κ3) is 2.66. The predicted molar refractivity (Wildman–Crippen MR) is 52.1 cm³/mol. The van der Waals surface area contributed by atoms with Crippen LogP contribution in [0.3, 0.4) is 0 Å². The minimum Gasteiger partial charge on any atom is -0.335 e. The lowest BCUT2D eigenvalue weighted by Gasteiger charge is -2.10. The zero-order chi connectivity index (χ0) is 10.1. The van der Waals surface area contributed by atoms with Gasteiger partial charge in [0.25, 0.3) is 0 Å². The summed E-state index contributed by atoms with van der Waals surface area (Å²) in [6.45, 7) is 6.03. The van der Waals surface area contributed by atoms with Crippen LogP contribution < -0.4 is 10.6 Å². The molecule has 72 valence electrons. The molecule has 3 heteroatoms. The van der Waals surface area contributed by atoms with E-state index in [0.717, 1.165) is 6.42 Å². The topological polar surface area (TPSA) is 41.1 Å². The van der Waals surface area contributed by atoms with Crippen LogP contribution in [-0.4, -0.2) is 18.1 Å². The van der Waals surface area contributed by atoms with Gasteiger partial charge in [-0.3, -0.25) is 0 Å². The van der Waals surface area contributed by atoms with E-state index < -0.39 is 0 Å². The lowest BCUT2D eigenvalue weighted by atomic mass is 10.2. The predicted octanol–water partition coefficient (Wildman–Crippen LogP) is 1.11. The second-order valence-electron chi connectivity index (χ2n) is 4.25. The summed E-state index contributed by atoms with van der Waals surface area (Å²) in [6, 6.07) is -0.0691. The van der Waals surface area contributed by atoms with Crippen molar-refractivity contribution in [2.24, 2.45) is 5.41 Å². The molecule has 0 aromatic rings. The molecular weight excluding hydrogens is 164 g/mol. The number of carbonyl (C=O) groups is 1. The quantitative estimate of drug-likeness (QED) is 0.614. The molecule has 0 heterocycles. The Morgan fingerprint density at radius 2 is 2.23 bits per heavy atom. The van der Waals surface area contributed by atoms with Gasteiger partial charge in [0.15, 0.2) is 0 Å². The first-order valence-corrected chi connectivity index (χ1v) is 4.49. The molecule has 0 radical (unpaired) electrons. The van der Waals surface area contributed by atoms with E-state index in [1.165, 1.54) is 0 Å². The lowest BCUT2D eigenvalue weighted by Crippen LogP contribution is -2.42. The molecule has 3 nitrogen and oxygen atoms in total. The molecule has 2 amide bonds. The van der Waals surface area contributed by atoms with Crippen molar-refractivity contribution in [3.63, 3.8) is 0 Å². The van der Waals surface area contributed by atoms with Gasteiger partial charge in [0.1, 0.15) is 0 Å². The molecule has 0 bridgehead atoms. The van der Waals surface area contributed by atoms with Gasteiger partial charge in [-0.05, 0) is 18.8 Å². The van der Waals surface area contributed by atoms with Gasteiger partial charge in [-0.25, -0.2) is 4.79 Å². The Kier molecular flexibility index (Phi) is 2.51. The van der Waals surface area contributed by atoms with Gasteiger partial charge in [0.05, 0.1) is 6.04 Å². The summed E-state index contributed by atoms with van der Waals surface area (Å²) in [7, 11) is 0. The SMILES string of the molecule is C#CC(C)NC(=O)NC1CC1(C)C. The van der Waals surface area contributed by atoms with Gasteiger partial charge in [-0.2, -0.15) is 0 Å². The molecule has 1 fully saturated rings. The highest BCUT2D eigenvalue weighted by molar-refractivity contribution is 5.75. The maximum atomic E-state index is 11.2. The number of terminal acetylenes is 1. The summed E-state index contributed by atoms with van der Waals surface area (Å²) >= 11 is 0. The first-order chi connectivity index (χ1) is 5.95. The number of urea groups is 1. The van der Waals surface area contributed by atoms with E-state index in [9.17, 15) is 4.79 Å². The van der Waals surface area contributed by atoms with Crippen molar-refractivity contribution in [3.05, 3.63) is 0 Å². The molecule has 2 unspecified atom stereocenters. The van der Waals surface area contributed by atoms with Crippen LogP contribution in [0.1, 0.15) is 27.2 Å². The maximum Gasteiger partial charge on any atom is 0.315 e. The van der Waals surface area contributed by atoms with Gasteiger partial charge in [0.2, 0.25) is 0 Å². The second kappa shape index (κ2) is 3.29. The molecule has 0 aliphatic heterocycles. The third-order valence-electron chi connectivity index (χ3n) is 2.42. The zero-order valence-electron chi connectivity index (χ0n) is 8.35. The number of hydrogen-bond acceptors (Lipinski definition) is 1. The minimum absolute atomic E-state index is 0.166. The molecular formula is C10H16N2O. The Balaban J connectivity index is 2.25. The van der Waals surface area contributed by atoms with Crippen LogP contribution >= 0.6 is 0 Å². The number of rotatable bonds is 2. The smallest absolute Gasteiger partial charge is 0.315 e. The van der Waals surface area contributed by atoms with E-state index >= 15 is 0 Å². The summed E-state index contributed by atoms with van der Waals surface area (Å²) in [5.74, 6) is 2.44. The van der Waals surface area contributed by atoms with Crippen molar-refractivity contribution in [2.45, 2.75) is 39.3 Å². The van der Waals surface area contributed by atoms with Crippen molar-refractivity contribution in [2.75, 3.05) is 0 Å². The summed E-state index contributed by atoms with van der Waals surface area (Å²) in [6.07, 6.45) is 6.17. The Bertz CT molecular complexity index is 252. The number of amides is 2. The lowest BCUT2D eigenvalue weighted by molar-refractivity contribution is 0.238. The first-order valence-electron chi connectivity index (χ1n) is 4.49. The van der Waals surface area contributed by atoms with E-state index in [0.29, 0.717) is 6.04 Å². The molecule has 1 aliphatic carbocycles. The molecule has 0 aromatic carbocycles. The standard InChI is InChI=1S/C10H16N2O/c1-5-7(2)11-9(13)12-8-6-10(8,3)4/h1,7-8H,6H2,2-4H3,(H2,11,12,13). The monoisotopic (exact) mass is 180 g/mol. The number of carbonyl (C=O) groups excluding carboxylic acids is 1. The molecule has 2 atom stereocenters. The molecule has 0 aromatic heterocycles. The molecule has 0 spiro atoms. The van der Waals surface area contributed by atoms with E-state index in [1.54, 1.807) is 6.92 Å². The summed E-state index contributed by atoms with van der Waals surface area (Å²) in [5.41, 5.74) is 0.261.